The second-order valence-corrected chi connectivity index (χ2v) is 4.05. The lowest BCUT2D eigenvalue weighted by molar-refractivity contribution is -0.0304. The molecule has 0 aromatic carbocycles. The van der Waals surface area contributed by atoms with Crippen LogP contribution in [0.4, 0.5) is 4.79 Å². The third-order valence-corrected chi connectivity index (χ3v) is 2.85. The summed E-state index contributed by atoms with van der Waals surface area (Å²) in [6.07, 6.45) is 4.27. The Balaban J connectivity index is 4.25. The van der Waals surface area contributed by atoms with Gasteiger partial charge in [-0.1, -0.05) is 33.8 Å². The molecule has 94 valence electrons. The van der Waals surface area contributed by atoms with Gasteiger partial charge in [-0.3, -0.25) is 0 Å². The average molecular weight is 228 g/mol. The van der Waals surface area contributed by atoms with Crippen molar-refractivity contribution in [3.05, 3.63) is 12.7 Å². The number of ether oxygens (including phenoxy) is 2. The molecule has 0 aliphatic rings. The van der Waals surface area contributed by atoms with Gasteiger partial charge in [0.2, 0.25) is 0 Å². The maximum atomic E-state index is 11.5. The van der Waals surface area contributed by atoms with Gasteiger partial charge in [0.1, 0.15) is 11.7 Å². The summed E-state index contributed by atoms with van der Waals surface area (Å²) in [6.45, 7) is 11.6. The molecule has 3 nitrogen and oxygen atoms in total. The first-order valence-corrected chi connectivity index (χ1v) is 6.06. The van der Waals surface area contributed by atoms with E-state index in [-0.39, 0.29) is 6.10 Å². The van der Waals surface area contributed by atoms with Crippen LogP contribution in [0.3, 0.4) is 0 Å². The summed E-state index contributed by atoms with van der Waals surface area (Å²) in [5.41, 5.74) is -0.580. The highest BCUT2D eigenvalue weighted by molar-refractivity contribution is 5.61. The molecule has 0 spiro atoms. The van der Waals surface area contributed by atoms with Crippen LogP contribution in [-0.2, 0) is 9.47 Å². The van der Waals surface area contributed by atoms with Crippen LogP contribution in [0.2, 0.25) is 0 Å². The lowest BCUT2D eigenvalue weighted by Crippen LogP contribution is -2.32. The van der Waals surface area contributed by atoms with Crippen LogP contribution >= 0.6 is 0 Å². The van der Waals surface area contributed by atoms with E-state index in [1.165, 1.54) is 0 Å². The van der Waals surface area contributed by atoms with E-state index in [0.717, 1.165) is 12.8 Å². The van der Waals surface area contributed by atoms with Crippen LogP contribution < -0.4 is 0 Å². The second-order valence-electron chi connectivity index (χ2n) is 4.05. The zero-order valence-electron chi connectivity index (χ0n) is 10.9. The first-order chi connectivity index (χ1) is 7.53. The van der Waals surface area contributed by atoms with Crippen LogP contribution in [0, 0.1) is 0 Å². The van der Waals surface area contributed by atoms with E-state index in [4.69, 9.17) is 9.47 Å². The van der Waals surface area contributed by atoms with Gasteiger partial charge in [0.15, 0.2) is 0 Å². The van der Waals surface area contributed by atoms with Gasteiger partial charge in [0.25, 0.3) is 0 Å². The highest BCUT2D eigenvalue weighted by Gasteiger charge is 2.28. The Bertz CT molecular complexity index is 219. The fourth-order valence-corrected chi connectivity index (χ4v) is 1.54. The Morgan fingerprint density at radius 2 is 1.94 bits per heavy atom. The Hall–Kier alpha value is -0.990. The standard InChI is InChI=1S/C13H24O3/c1-6-10-11(5)15-12(14)16-13(7-2,8-3)9-4/h7,11H,2,6,8-10H2,1,3-5H3. The molecule has 0 bridgehead atoms. The van der Waals surface area contributed by atoms with Gasteiger partial charge in [0, 0.05) is 0 Å². The van der Waals surface area contributed by atoms with Crippen molar-refractivity contribution in [3.63, 3.8) is 0 Å². The van der Waals surface area contributed by atoms with Crippen LogP contribution in [0.25, 0.3) is 0 Å². The minimum atomic E-state index is -0.593. The van der Waals surface area contributed by atoms with Gasteiger partial charge < -0.3 is 9.47 Å². The molecule has 16 heavy (non-hydrogen) atoms. The lowest BCUT2D eigenvalue weighted by atomic mass is 9.98. The average Bonchev–Trinajstić information content (AvgIpc) is 2.26. The molecule has 0 amide bonds. The predicted octanol–water partition coefficient (Wildman–Crippen LogP) is 4.07. The van der Waals surface area contributed by atoms with E-state index < -0.39 is 11.8 Å². The van der Waals surface area contributed by atoms with Gasteiger partial charge in [-0.05, 0) is 32.3 Å². The molecule has 0 saturated carbocycles. The molecule has 0 aromatic rings. The van der Waals surface area contributed by atoms with Crippen molar-refractivity contribution in [3.8, 4) is 0 Å². The Labute approximate surface area is 98.8 Å². The molecule has 0 aliphatic heterocycles. The van der Waals surface area contributed by atoms with Crippen molar-refractivity contribution in [1.82, 2.24) is 0 Å². The molecule has 0 heterocycles. The fraction of sp³-hybridized carbons (Fsp3) is 0.769. The van der Waals surface area contributed by atoms with E-state index in [1.807, 2.05) is 20.8 Å². The molecular formula is C13H24O3. The van der Waals surface area contributed by atoms with Crippen molar-refractivity contribution < 1.29 is 14.3 Å². The number of rotatable bonds is 7. The van der Waals surface area contributed by atoms with E-state index in [1.54, 1.807) is 6.08 Å². The highest BCUT2D eigenvalue weighted by atomic mass is 16.7. The highest BCUT2D eigenvalue weighted by Crippen LogP contribution is 2.22. The number of hydrogen-bond donors (Lipinski definition) is 0. The van der Waals surface area contributed by atoms with Gasteiger partial charge in [-0.25, -0.2) is 4.79 Å². The molecule has 0 radical (unpaired) electrons. The maximum Gasteiger partial charge on any atom is 0.509 e. The largest absolute Gasteiger partial charge is 0.509 e. The van der Waals surface area contributed by atoms with E-state index in [2.05, 4.69) is 13.5 Å². The monoisotopic (exact) mass is 228 g/mol. The summed E-state index contributed by atoms with van der Waals surface area (Å²) in [7, 11) is 0. The fourth-order valence-electron chi connectivity index (χ4n) is 1.54. The van der Waals surface area contributed by atoms with Crippen molar-refractivity contribution >= 4 is 6.16 Å². The summed E-state index contributed by atoms with van der Waals surface area (Å²) < 4.78 is 10.5. The molecule has 1 atom stereocenters. The molecular weight excluding hydrogens is 204 g/mol. The molecule has 0 aromatic heterocycles. The van der Waals surface area contributed by atoms with Crippen LogP contribution in [-0.4, -0.2) is 17.9 Å². The summed E-state index contributed by atoms with van der Waals surface area (Å²) in [5.74, 6) is 0. The third kappa shape index (κ3) is 4.69. The van der Waals surface area contributed by atoms with Crippen molar-refractivity contribution in [2.75, 3.05) is 0 Å². The molecule has 3 heteroatoms. The zero-order valence-corrected chi connectivity index (χ0v) is 10.9. The molecule has 0 fully saturated rings. The summed E-state index contributed by atoms with van der Waals surface area (Å²) in [6, 6.07) is 0. The van der Waals surface area contributed by atoms with Gasteiger partial charge >= 0.3 is 6.16 Å². The summed E-state index contributed by atoms with van der Waals surface area (Å²) in [4.78, 5) is 11.5. The van der Waals surface area contributed by atoms with E-state index in [0.29, 0.717) is 12.8 Å². The zero-order chi connectivity index (χ0) is 12.6. The quantitative estimate of drug-likeness (QED) is 0.486. The van der Waals surface area contributed by atoms with Crippen LogP contribution in [0.5, 0.6) is 0 Å². The van der Waals surface area contributed by atoms with Crippen LogP contribution in [0.15, 0.2) is 12.7 Å². The van der Waals surface area contributed by atoms with E-state index >= 15 is 0 Å². The SMILES string of the molecule is C=CC(CC)(CC)OC(=O)OC(C)CCC. The maximum absolute atomic E-state index is 11.5. The second kappa shape index (κ2) is 7.31. The molecule has 0 saturated heterocycles. The number of hydrogen-bond acceptors (Lipinski definition) is 3. The lowest BCUT2D eigenvalue weighted by Gasteiger charge is -2.27. The molecule has 0 aliphatic carbocycles. The molecule has 0 rings (SSSR count). The van der Waals surface area contributed by atoms with Gasteiger partial charge in [-0.2, -0.15) is 0 Å². The minimum absolute atomic E-state index is 0.0891. The van der Waals surface area contributed by atoms with Crippen molar-refractivity contribution in [2.45, 2.75) is 65.1 Å². The predicted molar refractivity (Wildman–Crippen MR) is 65.4 cm³/mol. The third-order valence-electron chi connectivity index (χ3n) is 2.85. The van der Waals surface area contributed by atoms with Crippen molar-refractivity contribution in [2.24, 2.45) is 0 Å². The smallest absolute Gasteiger partial charge is 0.431 e. The minimum Gasteiger partial charge on any atom is -0.431 e. The Morgan fingerprint density at radius 1 is 1.38 bits per heavy atom. The Kier molecular flexibility index (Phi) is 6.86. The number of carbonyl (C=O) groups is 1. The Morgan fingerprint density at radius 3 is 2.31 bits per heavy atom. The first-order valence-electron chi connectivity index (χ1n) is 6.06. The normalized spacial score (nSPS) is 13.0. The topological polar surface area (TPSA) is 35.5 Å². The van der Waals surface area contributed by atoms with Gasteiger partial charge in [0.05, 0.1) is 0 Å². The van der Waals surface area contributed by atoms with Gasteiger partial charge in [-0.15, -0.1) is 0 Å². The number of carbonyl (C=O) groups excluding carboxylic acids is 1. The molecule has 0 N–H and O–H groups in total. The molecule has 1 unspecified atom stereocenters. The van der Waals surface area contributed by atoms with Crippen LogP contribution in [0.1, 0.15) is 53.4 Å². The van der Waals surface area contributed by atoms with E-state index in [9.17, 15) is 4.79 Å². The van der Waals surface area contributed by atoms with Crippen molar-refractivity contribution in [1.29, 1.82) is 0 Å². The first kappa shape index (κ1) is 15.0. The summed E-state index contributed by atoms with van der Waals surface area (Å²) in [5, 5.41) is 0. The summed E-state index contributed by atoms with van der Waals surface area (Å²) >= 11 is 0.